The lowest BCUT2D eigenvalue weighted by Crippen LogP contribution is -2.47. The van der Waals surface area contributed by atoms with E-state index in [0.29, 0.717) is 13.0 Å². The molecule has 3 N–H and O–H groups in total. The van der Waals surface area contributed by atoms with Crippen LogP contribution in [0.3, 0.4) is 0 Å². The summed E-state index contributed by atoms with van der Waals surface area (Å²) in [6, 6.07) is -0.535. The summed E-state index contributed by atoms with van der Waals surface area (Å²) in [6.45, 7) is 4.91. The summed E-state index contributed by atoms with van der Waals surface area (Å²) in [4.78, 5) is 24.4. The molecule has 0 spiro atoms. The number of carbonyl (C=O) groups excluding carboxylic acids is 2. The quantitative estimate of drug-likeness (QED) is 0.730. The average molecular weight is 250 g/mol. The van der Waals surface area contributed by atoms with Gasteiger partial charge in [-0.25, -0.2) is 0 Å². The first-order valence-electron chi connectivity index (χ1n) is 5.34. The fourth-order valence-electron chi connectivity index (χ4n) is 1.65. The van der Waals surface area contributed by atoms with E-state index in [1.807, 2.05) is 6.92 Å². The maximum absolute atomic E-state index is 11.3. The van der Waals surface area contributed by atoms with Gasteiger partial charge in [-0.2, -0.15) is 0 Å². The molecule has 1 saturated heterocycles. The Labute approximate surface area is 102 Å². The first-order valence-corrected chi connectivity index (χ1v) is 5.34. The van der Waals surface area contributed by atoms with E-state index >= 15 is 0 Å². The van der Waals surface area contributed by atoms with Crippen molar-refractivity contribution in [3.8, 4) is 0 Å². The molecule has 0 saturated carbocycles. The SMILES string of the molecule is CC(CN1CCCC1=O)NC(=O)C(C)N.Cl. The van der Waals surface area contributed by atoms with E-state index < -0.39 is 6.04 Å². The number of likely N-dealkylation sites (tertiary alicyclic amines) is 1. The molecule has 0 radical (unpaired) electrons. The zero-order chi connectivity index (χ0) is 11.4. The molecule has 0 aromatic heterocycles. The van der Waals surface area contributed by atoms with Gasteiger partial charge < -0.3 is 16.0 Å². The lowest BCUT2D eigenvalue weighted by atomic mass is 10.2. The van der Waals surface area contributed by atoms with Gasteiger partial charge in [0.05, 0.1) is 6.04 Å². The van der Waals surface area contributed by atoms with Gasteiger partial charge in [0.2, 0.25) is 11.8 Å². The molecule has 0 aromatic rings. The Kier molecular flexibility index (Phi) is 6.36. The molecule has 0 bridgehead atoms. The summed E-state index contributed by atoms with van der Waals surface area (Å²) in [7, 11) is 0. The average Bonchev–Trinajstić information content (AvgIpc) is 2.51. The van der Waals surface area contributed by atoms with E-state index in [1.165, 1.54) is 0 Å². The molecule has 2 amide bonds. The second kappa shape index (κ2) is 6.70. The van der Waals surface area contributed by atoms with Crippen LogP contribution in [0.4, 0.5) is 0 Å². The van der Waals surface area contributed by atoms with Crippen LogP contribution in [-0.4, -0.2) is 41.9 Å². The molecule has 2 atom stereocenters. The highest BCUT2D eigenvalue weighted by molar-refractivity contribution is 5.85. The van der Waals surface area contributed by atoms with Crippen LogP contribution in [0.15, 0.2) is 0 Å². The van der Waals surface area contributed by atoms with Gasteiger partial charge in [0.15, 0.2) is 0 Å². The Balaban J connectivity index is 0.00000225. The normalized spacial score (nSPS) is 18.9. The number of rotatable bonds is 4. The van der Waals surface area contributed by atoms with Crippen LogP contribution in [0.25, 0.3) is 0 Å². The highest BCUT2D eigenvalue weighted by Gasteiger charge is 2.22. The monoisotopic (exact) mass is 249 g/mol. The van der Waals surface area contributed by atoms with Crippen molar-refractivity contribution in [1.82, 2.24) is 10.2 Å². The predicted molar refractivity (Wildman–Crippen MR) is 64.3 cm³/mol. The lowest BCUT2D eigenvalue weighted by Gasteiger charge is -2.22. The molecular weight excluding hydrogens is 230 g/mol. The van der Waals surface area contributed by atoms with E-state index in [4.69, 9.17) is 5.73 Å². The molecule has 1 aliphatic heterocycles. The number of amides is 2. The van der Waals surface area contributed by atoms with Gasteiger partial charge in [-0.1, -0.05) is 0 Å². The fourth-order valence-corrected chi connectivity index (χ4v) is 1.65. The number of hydrogen-bond acceptors (Lipinski definition) is 3. The van der Waals surface area contributed by atoms with Crippen molar-refractivity contribution < 1.29 is 9.59 Å². The summed E-state index contributed by atoms with van der Waals surface area (Å²) < 4.78 is 0. The zero-order valence-corrected chi connectivity index (χ0v) is 10.5. The molecule has 1 rings (SSSR count). The smallest absolute Gasteiger partial charge is 0.236 e. The molecule has 16 heavy (non-hydrogen) atoms. The highest BCUT2D eigenvalue weighted by Crippen LogP contribution is 2.09. The standard InChI is InChI=1S/C10H19N3O2.ClH/c1-7(12-10(15)8(2)11)6-13-5-3-4-9(13)14;/h7-8H,3-6,11H2,1-2H3,(H,12,15);1H. The van der Waals surface area contributed by atoms with Crippen LogP contribution >= 0.6 is 12.4 Å². The number of nitrogens with one attached hydrogen (secondary N) is 1. The summed E-state index contributed by atoms with van der Waals surface area (Å²) in [5, 5.41) is 2.77. The topological polar surface area (TPSA) is 75.4 Å². The van der Waals surface area contributed by atoms with Crippen LogP contribution in [0.2, 0.25) is 0 Å². The molecule has 6 heteroatoms. The summed E-state index contributed by atoms with van der Waals surface area (Å²) >= 11 is 0. The molecule has 1 aliphatic rings. The zero-order valence-electron chi connectivity index (χ0n) is 9.73. The largest absolute Gasteiger partial charge is 0.351 e. The third-order valence-electron chi connectivity index (χ3n) is 2.47. The molecule has 94 valence electrons. The van der Waals surface area contributed by atoms with E-state index in [9.17, 15) is 9.59 Å². The van der Waals surface area contributed by atoms with E-state index in [-0.39, 0.29) is 30.3 Å². The van der Waals surface area contributed by atoms with E-state index in [0.717, 1.165) is 13.0 Å². The number of halogens is 1. The Morgan fingerprint density at radius 3 is 2.62 bits per heavy atom. The van der Waals surface area contributed by atoms with Crippen LogP contribution in [0.1, 0.15) is 26.7 Å². The summed E-state index contributed by atoms with van der Waals surface area (Å²) in [5.74, 6) is 0.00559. The van der Waals surface area contributed by atoms with Gasteiger partial charge in [-0.3, -0.25) is 9.59 Å². The molecule has 0 aromatic carbocycles. The van der Waals surface area contributed by atoms with Gasteiger partial charge in [-0.05, 0) is 20.3 Å². The summed E-state index contributed by atoms with van der Waals surface area (Å²) in [6.07, 6.45) is 1.56. The lowest BCUT2D eigenvalue weighted by molar-refractivity contribution is -0.129. The molecule has 1 heterocycles. The molecule has 0 aliphatic carbocycles. The molecule has 2 unspecified atom stereocenters. The third kappa shape index (κ3) is 4.37. The van der Waals surface area contributed by atoms with E-state index in [2.05, 4.69) is 5.32 Å². The third-order valence-corrected chi connectivity index (χ3v) is 2.47. The van der Waals surface area contributed by atoms with Crippen molar-refractivity contribution >= 4 is 24.2 Å². The Morgan fingerprint density at radius 1 is 1.56 bits per heavy atom. The minimum Gasteiger partial charge on any atom is -0.351 e. The van der Waals surface area contributed by atoms with Crippen molar-refractivity contribution in [2.24, 2.45) is 5.73 Å². The van der Waals surface area contributed by atoms with Crippen LogP contribution in [0.5, 0.6) is 0 Å². The second-order valence-corrected chi connectivity index (χ2v) is 4.14. The van der Waals surface area contributed by atoms with Crippen LogP contribution < -0.4 is 11.1 Å². The Bertz CT molecular complexity index is 258. The first-order chi connectivity index (χ1) is 7.00. The minimum atomic E-state index is -0.498. The van der Waals surface area contributed by atoms with Crippen LogP contribution in [-0.2, 0) is 9.59 Å². The Morgan fingerprint density at radius 2 is 2.19 bits per heavy atom. The molecule has 5 nitrogen and oxygen atoms in total. The van der Waals surface area contributed by atoms with Gasteiger partial charge in [0, 0.05) is 25.6 Å². The van der Waals surface area contributed by atoms with Gasteiger partial charge in [0.1, 0.15) is 0 Å². The van der Waals surface area contributed by atoms with Gasteiger partial charge in [-0.15, -0.1) is 12.4 Å². The van der Waals surface area contributed by atoms with Gasteiger partial charge >= 0.3 is 0 Å². The molecular formula is C10H20ClN3O2. The fraction of sp³-hybridized carbons (Fsp3) is 0.800. The van der Waals surface area contributed by atoms with Gasteiger partial charge in [0.25, 0.3) is 0 Å². The van der Waals surface area contributed by atoms with Crippen molar-refractivity contribution in [2.45, 2.75) is 38.8 Å². The Hall–Kier alpha value is -0.810. The second-order valence-electron chi connectivity index (χ2n) is 4.14. The maximum atomic E-state index is 11.3. The van der Waals surface area contributed by atoms with Crippen molar-refractivity contribution in [1.29, 1.82) is 0 Å². The van der Waals surface area contributed by atoms with Crippen molar-refractivity contribution in [3.63, 3.8) is 0 Å². The maximum Gasteiger partial charge on any atom is 0.236 e. The predicted octanol–water partition coefficient (Wildman–Crippen LogP) is -0.117. The number of nitrogens with zero attached hydrogens (tertiary/aromatic N) is 1. The minimum absolute atomic E-state index is 0. The highest BCUT2D eigenvalue weighted by atomic mass is 35.5. The first kappa shape index (κ1) is 15.2. The number of hydrogen-bond donors (Lipinski definition) is 2. The molecule has 1 fully saturated rings. The number of nitrogens with two attached hydrogens (primary N) is 1. The van der Waals surface area contributed by atoms with Crippen LogP contribution in [0, 0.1) is 0 Å². The van der Waals surface area contributed by atoms with E-state index in [1.54, 1.807) is 11.8 Å². The number of carbonyl (C=O) groups is 2. The van der Waals surface area contributed by atoms with Crippen molar-refractivity contribution in [3.05, 3.63) is 0 Å². The van der Waals surface area contributed by atoms with Crippen molar-refractivity contribution in [2.75, 3.05) is 13.1 Å². The summed E-state index contributed by atoms with van der Waals surface area (Å²) in [5.41, 5.74) is 5.43.